The molecular weight excluding hydrogens is 290 g/mol. The average Bonchev–Trinajstić information content (AvgIpc) is 2.31. The van der Waals surface area contributed by atoms with Crippen molar-refractivity contribution in [1.82, 2.24) is 5.32 Å². The molecule has 2 nitrogen and oxygen atoms in total. The number of halogens is 1. The molecule has 1 unspecified atom stereocenters. The minimum atomic E-state index is 0.285. The summed E-state index contributed by atoms with van der Waals surface area (Å²) in [6, 6.07) is 9.74. The first-order valence-electron chi connectivity index (χ1n) is 6.85. The Bertz CT molecular complexity index is 377. The molecule has 0 spiro atoms. The van der Waals surface area contributed by atoms with Gasteiger partial charge in [-0.15, -0.1) is 0 Å². The van der Waals surface area contributed by atoms with Crippen molar-refractivity contribution in [2.45, 2.75) is 50.6 Å². The summed E-state index contributed by atoms with van der Waals surface area (Å²) in [6.07, 6.45) is 4.41. The second kappa shape index (κ2) is 6.69. The minimum absolute atomic E-state index is 0.285. The summed E-state index contributed by atoms with van der Waals surface area (Å²) >= 11 is 3.53. The summed E-state index contributed by atoms with van der Waals surface area (Å²) in [5.74, 6) is 0.701. The second-order valence-electron chi connectivity index (χ2n) is 5.20. The van der Waals surface area contributed by atoms with Crippen LogP contribution < -0.4 is 5.32 Å². The van der Waals surface area contributed by atoms with Crippen LogP contribution in [0.15, 0.2) is 28.7 Å². The maximum Gasteiger partial charge on any atom is 0.0445 e. The number of benzene rings is 1. The molecular formula is C15H22BrNO. The van der Waals surface area contributed by atoms with Gasteiger partial charge < -0.3 is 10.4 Å². The third-order valence-corrected chi connectivity index (χ3v) is 4.39. The van der Waals surface area contributed by atoms with E-state index in [9.17, 15) is 0 Å². The van der Waals surface area contributed by atoms with E-state index in [2.05, 4.69) is 52.4 Å². The Hall–Kier alpha value is -0.380. The molecule has 3 heteroatoms. The van der Waals surface area contributed by atoms with Crippen molar-refractivity contribution in [3.8, 4) is 0 Å². The fourth-order valence-corrected chi connectivity index (χ4v) is 3.10. The lowest BCUT2D eigenvalue weighted by Crippen LogP contribution is -2.45. The van der Waals surface area contributed by atoms with Crippen LogP contribution in [-0.2, 0) is 0 Å². The number of aliphatic hydroxyl groups is 1. The highest BCUT2D eigenvalue weighted by molar-refractivity contribution is 9.10. The first-order valence-corrected chi connectivity index (χ1v) is 7.64. The van der Waals surface area contributed by atoms with Gasteiger partial charge in [0.15, 0.2) is 0 Å². The van der Waals surface area contributed by atoms with Gasteiger partial charge in [0.05, 0.1) is 0 Å². The summed E-state index contributed by atoms with van der Waals surface area (Å²) in [5.41, 5.74) is 1.44. The van der Waals surface area contributed by atoms with E-state index in [0.29, 0.717) is 18.0 Å². The van der Waals surface area contributed by atoms with E-state index in [4.69, 9.17) is 5.11 Å². The fourth-order valence-electron chi connectivity index (χ4n) is 2.68. The third-order valence-electron chi connectivity index (χ3n) is 3.90. The molecule has 1 aromatic rings. The highest BCUT2D eigenvalue weighted by Crippen LogP contribution is 2.38. The molecule has 100 valence electrons. The molecule has 1 aliphatic rings. The zero-order valence-electron chi connectivity index (χ0n) is 10.9. The summed E-state index contributed by atoms with van der Waals surface area (Å²) in [7, 11) is 0. The Balaban J connectivity index is 1.80. The predicted molar refractivity (Wildman–Crippen MR) is 78.8 cm³/mol. The lowest BCUT2D eigenvalue weighted by molar-refractivity contribution is 0.221. The zero-order valence-corrected chi connectivity index (χ0v) is 12.5. The molecule has 2 N–H and O–H groups in total. The van der Waals surface area contributed by atoms with Gasteiger partial charge in [-0.3, -0.25) is 0 Å². The van der Waals surface area contributed by atoms with Crippen LogP contribution in [-0.4, -0.2) is 23.8 Å². The van der Waals surface area contributed by atoms with E-state index in [1.165, 1.54) is 22.9 Å². The number of hydrogen-bond donors (Lipinski definition) is 2. The van der Waals surface area contributed by atoms with Crippen LogP contribution in [0.2, 0.25) is 0 Å². The van der Waals surface area contributed by atoms with E-state index in [-0.39, 0.29) is 6.61 Å². The highest BCUT2D eigenvalue weighted by atomic mass is 79.9. The SMILES string of the molecule is CCC(CCO)NC1CC(c2cccc(Br)c2)C1. The van der Waals surface area contributed by atoms with Crippen molar-refractivity contribution in [3.63, 3.8) is 0 Å². The van der Waals surface area contributed by atoms with Gasteiger partial charge in [-0.25, -0.2) is 0 Å². The van der Waals surface area contributed by atoms with Crippen LogP contribution in [0.3, 0.4) is 0 Å². The maximum absolute atomic E-state index is 8.99. The first kappa shape index (κ1) is 14.0. The molecule has 0 amide bonds. The van der Waals surface area contributed by atoms with E-state index in [0.717, 1.165) is 12.8 Å². The van der Waals surface area contributed by atoms with Crippen molar-refractivity contribution in [3.05, 3.63) is 34.3 Å². The van der Waals surface area contributed by atoms with E-state index < -0.39 is 0 Å². The van der Waals surface area contributed by atoms with E-state index in [1.54, 1.807) is 0 Å². The van der Waals surface area contributed by atoms with Crippen molar-refractivity contribution >= 4 is 15.9 Å². The number of hydrogen-bond acceptors (Lipinski definition) is 2. The van der Waals surface area contributed by atoms with Crippen LogP contribution in [0.4, 0.5) is 0 Å². The van der Waals surface area contributed by atoms with Gasteiger partial charge in [0.25, 0.3) is 0 Å². The monoisotopic (exact) mass is 311 g/mol. The summed E-state index contributed by atoms with van der Waals surface area (Å²) in [6.45, 7) is 2.46. The molecule has 1 fully saturated rings. The molecule has 1 aliphatic carbocycles. The minimum Gasteiger partial charge on any atom is -0.396 e. The van der Waals surface area contributed by atoms with Gasteiger partial charge in [0.1, 0.15) is 0 Å². The Kier molecular flexibility index (Phi) is 5.22. The molecule has 1 atom stereocenters. The van der Waals surface area contributed by atoms with E-state index >= 15 is 0 Å². The van der Waals surface area contributed by atoms with Crippen LogP contribution in [0.25, 0.3) is 0 Å². The van der Waals surface area contributed by atoms with Crippen molar-refractivity contribution in [1.29, 1.82) is 0 Å². The Morgan fingerprint density at radius 3 is 2.83 bits per heavy atom. The number of aliphatic hydroxyl groups excluding tert-OH is 1. The van der Waals surface area contributed by atoms with Gasteiger partial charge in [0.2, 0.25) is 0 Å². The van der Waals surface area contributed by atoms with Crippen molar-refractivity contribution < 1.29 is 5.11 Å². The van der Waals surface area contributed by atoms with Gasteiger partial charge in [-0.1, -0.05) is 35.0 Å². The molecule has 1 aromatic carbocycles. The van der Waals surface area contributed by atoms with Crippen LogP contribution in [0.5, 0.6) is 0 Å². The van der Waals surface area contributed by atoms with Gasteiger partial charge >= 0.3 is 0 Å². The largest absolute Gasteiger partial charge is 0.396 e. The Labute approximate surface area is 118 Å². The summed E-state index contributed by atoms with van der Waals surface area (Å²) in [4.78, 5) is 0. The van der Waals surface area contributed by atoms with Crippen LogP contribution in [0.1, 0.15) is 44.1 Å². The standard InChI is InChI=1S/C15H22BrNO/c1-2-14(6-7-18)17-15-9-12(10-15)11-4-3-5-13(16)8-11/h3-5,8,12,14-15,17-18H,2,6-7,9-10H2,1H3. The van der Waals surface area contributed by atoms with Gasteiger partial charge in [-0.05, 0) is 49.3 Å². The molecule has 0 aliphatic heterocycles. The smallest absolute Gasteiger partial charge is 0.0445 e. The van der Waals surface area contributed by atoms with Crippen LogP contribution in [0, 0.1) is 0 Å². The quantitative estimate of drug-likeness (QED) is 0.843. The molecule has 18 heavy (non-hydrogen) atoms. The molecule has 0 radical (unpaired) electrons. The first-order chi connectivity index (χ1) is 8.72. The van der Waals surface area contributed by atoms with Crippen molar-refractivity contribution in [2.75, 3.05) is 6.61 Å². The predicted octanol–water partition coefficient (Wildman–Crippen LogP) is 3.45. The maximum atomic E-state index is 8.99. The Morgan fingerprint density at radius 2 is 2.22 bits per heavy atom. The van der Waals surface area contributed by atoms with Gasteiger partial charge in [-0.2, -0.15) is 0 Å². The number of nitrogens with one attached hydrogen (secondary N) is 1. The average molecular weight is 312 g/mol. The zero-order chi connectivity index (χ0) is 13.0. The molecule has 1 saturated carbocycles. The normalized spacial score (nSPS) is 24.6. The highest BCUT2D eigenvalue weighted by Gasteiger charge is 2.31. The third kappa shape index (κ3) is 3.56. The topological polar surface area (TPSA) is 32.3 Å². The van der Waals surface area contributed by atoms with Gasteiger partial charge in [0, 0.05) is 23.2 Å². The van der Waals surface area contributed by atoms with Crippen molar-refractivity contribution in [2.24, 2.45) is 0 Å². The number of rotatable bonds is 6. The lowest BCUT2D eigenvalue weighted by atomic mass is 9.75. The molecule has 2 rings (SSSR count). The Morgan fingerprint density at radius 1 is 1.44 bits per heavy atom. The molecule has 0 bridgehead atoms. The summed E-state index contributed by atoms with van der Waals surface area (Å²) in [5, 5.41) is 12.6. The molecule has 0 aromatic heterocycles. The van der Waals surface area contributed by atoms with E-state index in [1.807, 2.05) is 0 Å². The molecule has 0 heterocycles. The van der Waals surface area contributed by atoms with Crippen LogP contribution >= 0.6 is 15.9 Å². The molecule has 0 saturated heterocycles. The second-order valence-corrected chi connectivity index (χ2v) is 6.12. The fraction of sp³-hybridized carbons (Fsp3) is 0.600. The lowest BCUT2D eigenvalue weighted by Gasteiger charge is -2.38. The summed E-state index contributed by atoms with van der Waals surface area (Å²) < 4.78 is 1.17.